The van der Waals surface area contributed by atoms with Gasteiger partial charge in [-0.05, 0) is 44.4 Å². The minimum absolute atomic E-state index is 0.0877. The van der Waals surface area contributed by atoms with Crippen molar-refractivity contribution in [2.45, 2.75) is 81.1 Å². The average Bonchev–Trinajstić information content (AvgIpc) is 3.40. The highest BCUT2D eigenvalue weighted by Crippen LogP contribution is 2.33. The molecular weight excluding hydrogens is 416 g/mol. The largest absolute Gasteiger partial charge is 0.387 e. The molecular formula is C21H26N6O5. The molecule has 0 aromatic carbocycles. The van der Waals surface area contributed by atoms with Crippen LogP contribution in [-0.4, -0.2) is 70.7 Å². The molecule has 3 aliphatic rings. The van der Waals surface area contributed by atoms with Crippen molar-refractivity contribution in [3.63, 3.8) is 0 Å². The van der Waals surface area contributed by atoms with Crippen LogP contribution in [0.3, 0.4) is 0 Å². The molecule has 11 heteroatoms. The number of aromatic nitrogens is 4. The molecule has 3 heterocycles. The lowest BCUT2D eigenvalue weighted by atomic mass is 9.85. The fraction of sp³-hybridized carbons (Fsp3) is 0.619. The van der Waals surface area contributed by atoms with Crippen LogP contribution < -0.4 is 11.1 Å². The number of nitrogens with zero attached hydrogens (tertiary/aromatic N) is 4. The van der Waals surface area contributed by atoms with Crippen LogP contribution in [0, 0.1) is 11.8 Å². The van der Waals surface area contributed by atoms with E-state index >= 15 is 0 Å². The van der Waals surface area contributed by atoms with Crippen molar-refractivity contribution in [2.75, 3.05) is 5.73 Å². The van der Waals surface area contributed by atoms with Gasteiger partial charge in [0.25, 0.3) is 5.91 Å². The van der Waals surface area contributed by atoms with Gasteiger partial charge in [-0.1, -0.05) is 12.3 Å². The van der Waals surface area contributed by atoms with Crippen LogP contribution in [0.2, 0.25) is 0 Å². The van der Waals surface area contributed by atoms with Crippen LogP contribution in [0.15, 0.2) is 6.33 Å². The molecule has 2 aromatic heterocycles. The first-order chi connectivity index (χ1) is 15.3. The third kappa shape index (κ3) is 3.91. The average molecular weight is 442 g/mol. The zero-order valence-corrected chi connectivity index (χ0v) is 17.4. The van der Waals surface area contributed by atoms with Gasteiger partial charge in [0.15, 0.2) is 23.8 Å². The third-order valence-electron chi connectivity index (χ3n) is 6.23. The smallest absolute Gasteiger partial charge is 0.252 e. The lowest BCUT2D eigenvalue weighted by Gasteiger charge is -2.26. The standard InChI is InChI=1S/C21H26N6O5/c22-17-13-18(26-12(25-17)6-9-21(31)7-2-1-3-8-21)27(10-23-13)20-15(29)14(28)16(32-20)19(30)24-11-4-5-11/h10-11,14-16,20,28-29,31H,1-5,7-8H2,(H,24,30)(H2,22,25,26)/t14?,15?,16-,20+/m0/s1. The van der Waals surface area contributed by atoms with Gasteiger partial charge in [-0.3, -0.25) is 9.36 Å². The Kier molecular flexibility index (Phi) is 5.25. The molecule has 2 aliphatic carbocycles. The number of nitrogens with two attached hydrogens (primary N) is 1. The van der Waals surface area contributed by atoms with Gasteiger partial charge in [0.2, 0.25) is 5.82 Å². The number of aliphatic hydroxyl groups is 3. The quantitative estimate of drug-likeness (QED) is 0.388. The van der Waals surface area contributed by atoms with E-state index in [9.17, 15) is 20.1 Å². The highest BCUT2D eigenvalue weighted by molar-refractivity contribution is 5.83. The van der Waals surface area contributed by atoms with E-state index in [1.54, 1.807) is 0 Å². The number of fused-ring (bicyclic) bond motifs is 1. The monoisotopic (exact) mass is 442 g/mol. The molecule has 1 aliphatic heterocycles. The van der Waals surface area contributed by atoms with Gasteiger partial charge < -0.3 is 31.1 Å². The van der Waals surface area contributed by atoms with E-state index in [0.717, 1.165) is 32.1 Å². The van der Waals surface area contributed by atoms with E-state index in [0.29, 0.717) is 12.8 Å². The van der Waals surface area contributed by atoms with Crippen LogP contribution in [0.4, 0.5) is 5.82 Å². The molecule has 6 N–H and O–H groups in total. The Morgan fingerprint density at radius 1 is 1.22 bits per heavy atom. The first-order valence-electron chi connectivity index (χ1n) is 10.9. The molecule has 2 saturated carbocycles. The second kappa shape index (κ2) is 7.97. The van der Waals surface area contributed by atoms with Crippen LogP contribution in [-0.2, 0) is 9.53 Å². The number of amides is 1. The first-order valence-corrected chi connectivity index (χ1v) is 10.9. The Bertz CT molecular complexity index is 1100. The predicted molar refractivity (Wildman–Crippen MR) is 112 cm³/mol. The molecule has 11 nitrogen and oxygen atoms in total. The summed E-state index contributed by atoms with van der Waals surface area (Å²) < 4.78 is 7.12. The van der Waals surface area contributed by atoms with Crippen molar-refractivity contribution in [3.8, 4) is 11.8 Å². The number of carbonyl (C=O) groups excluding carboxylic acids is 1. The van der Waals surface area contributed by atoms with Crippen molar-refractivity contribution >= 4 is 22.9 Å². The maximum atomic E-state index is 12.4. The number of aliphatic hydroxyl groups excluding tert-OH is 2. The Labute approximate surface area is 184 Å². The van der Waals surface area contributed by atoms with Gasteiger partial charge in [0.05, 0.1) is 6.33 Å². The fourth-order valence-corrected chi connectivity index (χ4v) is 4.23. The summed E-state index contributed by atoms with van der Waals surface area (Å²) in [6.45, 7) is 0. The summed E-state index contributed by atoms with van der Waals surface area (Å²) in [5.41, 5.74) is 5.50. The van der Waals surface area contributed by atoms with E-state index in [1.807, 2.05) is 0 Å². The molecule has 2 unspecified atom stereocenters. The van der Waals surface area contributed by atoms with Crippen molar-refractivity contribution in [2.24, 2.45) is 0 Å². The number of hydrogen-bond acceptors (Lipinski definition) is 9. The summed E-state index contributed by atoms with van der Waals surface area (Å²) in [6, 6.07) is 0.0937. The lowest BCUT2D eigenvalue weighted by molar-refractivity contribution is -0.137. The zero-order valence-electron chi connectivity index (χ0n) is 17.4. The zero-order chi connectivity index (χ0) is 22.5. The molecule has 170 valence electrons. The summed E-state index contributed by atoms with van der Waals surface area (Å²) in [7, 11) is 0. The highest BCUT2D eigenvalue weighted by atomic mass is 16.6. The van der Waals surface area contributed by atoms with E-state index in [4.69, 9.17) is 10.5 Å². The van der Waals surface area contributed by atoms with Gasteiger partial charge in [0, 0.05) is 6.04 Å². The number of nitrogen functional groups attached to an aromatic ring is 1. The molecule has 3 fully saturated rings. The highest BCUT2D eigenvalue weighted by Gasteiger charge is 2.48. The molecule has 5 rings (SSSR count). The minimum Gasteiger partial charge on any atom is -0.387 e. The SMILES string of the molecule is Nc1nc(C#CC2(O)CCCCC2)nc2c1ncn2[C@@H]1O[C@H](C(=O)NC2CC2)C(O)C1O. The molecule has 0 radical (unpaired) electrons. The molecule has 2 aromatic rings. The maximum absolute atomic E-state index is 12.4. The predicted octanol–water partition coefficient (Wildman–Crippen LogP) is -0.647. The van der Waals surface area contributed by atoms with Gasteiger partial charge in [-0.2, -0.15) is 0 Å². The summed E-state index contributed by atoms with van der Waals surface area (Å²) >= 11 is 0. The summed E-state index contributed by atoms with van der Waals surface area (Å²) in [5.74, 6) is 5.41. The number of anilines is 1. The topological polar surface area (TPSA) is 169 Å². The normalized spacial score (nSPS) is 29.5. The van der Waals surface area contributed by atoms with E-state index in [2.05, 4.69) is 32.1 Å². The van der Waals surface area contributed by atoms with E-state index < -0.39 is 36.0 Å². The molecule has 4 atom stereocenters. The fourth-order valence-electron chi connectivity index (χ4n) is 4.23. The number of imidazole rings is 1. The van der Waals surface area contributed by atoms with E-state index in [-0.39, 0.29) is 28.8 Å². The van der Waals surface area contributed by atoms with Crippen molar-refractivity contribution in [1.82, 2.24) is 24.8 Å². The van der Waals surface area contributed by atoms with Gasteiger partial charge >= 0.3 is 0 Å². The summed E-state index contributed by atoms with van der Waals surface area (Å²) in [6.07, 6.45) is 2.14. The Balaban J connectivity index is 1.44. The van der Waals surface area contributed by atoms with Crippen molar-refractivity contribution in [3.05, 3.63) is 12.2 Å². The Morgan fingerprint density at radius 2 is 1.97 bits per heavy atom. The van der Waals surface area contributed by atoms with Crippen LogP contribution in [0.1, 0.15) is 57.0 Å². The number of ether oxygens (including phenoxy) is 1. The minimum atomic E-state index is -1.41. The Hall–Kier alpha value is -2.78. The van der Waals surface area contributed by atoms with E-state index in [1.165, 1.54) is 10.9 Å². The first kappa shape index (κ1) is 21.1. The molecule has 0 spiro atoms. The van der Waals surface area contributed by atoms with Crippen LogP contribution >= 0.6 is 0 Å². The van der Waals surface area contributed by atoms with Gasteiger partial charge in [0.1, 0.15) is 23.3 Å². The second-order valence-corrected chi connectivity index (χ2v) is 8.81. The molecule has 1 saturated heterocycles. The van der Waals surface area contributed by atoms with Crippen molar-refractivity contribution in [1.29, 1.82) is 0 Å². The van der Waals surface area contributed by atoms with Gasteiger partial charge in [-0.15, -0.1) is 0 Å². The number of nitrogens with one attached hydrogen (secondary N) is 1. The van der Waals surface area contributed by atoms with Crippen molar-refractivity contribution < 1.29 is 24.9 Å². The molecule has 32 heavy (non-hydrogen) atoms. The third-order valence-corrected chi connectivity index (χ3v) is 6.23. The summed E-state index contributed by atoms with van der Waals surface area (Å²) in [5, 5.41) is 34.3. The number of rotatable bonds is 3. The molecule has 1 amide bonds. The van der Waals surface area contributed by atoms with Gasteiger partial charge in [-0.25, -0.2) is 15.0 Å². The molecule has 0 bridgehead atoms. The second-order valence-electron chi connectivity index (χ2n) is 8.81. The number of carbonyl (C=O) groups is 1. The lowest BCUT2D eigenvalue weighted by Crippen LogP contribution is -2.43. The summed E-state index contributed by atoms with van der Waals surface area (Å²) in [4.78, 5) is 25.1. The van der Waals surface area contributed by atoms with Crippen LogP contribution in [0.5, 0.6) is 0 Å². The maximum Gasteiger partial charge on any atom is 0.252 e. The van der Waals surface area contributed by atoms with Crippen LogP contribution in [0.25, 0.3) is 11.2 Å². The Morgan fingerprint density at radius 3 is 2.69 bits per heavy atom. The number of hydrogen-bond donors (Lipinski definition) is 5.